The number of benzene rings is 1. The van der Waals surface area contributed by atoms with Gasteiger partial charge in [-0.2, -0.15) is 0 Å². The van der Waals surface area contributed by atoms with E-state index >= 15 is 0 Å². The maximum atomic E-state index is 6.07. The molecule has 2 aliphatic rings. The van der Waals surface area contributed by atoms with Crippen molar-refractivity contribution in [3.05, 3.63) is 35.1 Å². The number of hydrogen-bond acceptors (Lipinski definition) is 8. The van der Waals surface area contributed by atoms with Crippen molar-refractivity contribution in [3.63, 3.8) is 0 Å². The van der Waals surface area contributed by atoms with Gasteiger partial charge in [-0.15, -0.1) is 10.2 Å². The number of anilines is 4. The van der Waals surface area contributed by atoms with Gasteiger partial charge in [0.15, 0.2) is 11.6 Å². The summed E-state index contributed by atoms with van der Waals surface area (Å²) in [6.45, 7) is 3.80. The second-order valence-electron chi connectivity index (χ2n) is 7.29. The molecular formula is C19H21BrN8. The maximum Gasteiger partial charge on any atom is 0.222 e. The molecule has 8 nitrogen and oxygen atoms in total. The summed E-state index contributed by atoms with van der Waals surface area (Å²) in [6, 6.07) is 6.29. The lowest BCUT2D eigenvalue weighted by Crippen LogP contribution is -2.38. The van der Waals surface area contributed by atoms with E-state index in [0.29, 0.717) is 5.95 Å². The molecule has 5 rings (SSSR count). The molecule has 0 radical (unpaired) electrons. The van der Waals surface area contributed by atoms with Crippen LogP contribution >= 0.6 is 15.9 Å². The number of hydrogen-bond donors (Lipinski definition) is 2. The van der Waals surface area contributed by atoms with Crippen LogP contribution < -0.4 is 20.9 Å². The highest BCUT2D eigenvalue weighted by atomic mass is 79.9. The SMILES string of the molecule is Nc1ccc2c(N3CC[C@@H](Nc4ncc(Br)cn4)C3)nnc(N3CCC3)c2c1. The largest absolute Gasteiger partial charge is 0.399 e. The van der Waals surface area contributed by atoms with Crippen molar-refractivity contribution in [1.82, 2.24) is 20.2 Å². The van der Waals surface area contributed by atoms with E-state index in [1.54, 1.807) is 12.4 Å². The number of aromatic nitrogens is 4. The van der Waals surface area contributed by atoms with Crippen molar-refractivity contribution < 1.29 is 0 Å². The van der Waals surface area contributed by atoms with Crippen molar-refractivity contribution in [3.8, 4) is 0 Å². The average Bonchev–Trinajstić information content (AvgIpc) is 3.11. The molecule has 144 valence electrons. The van der Waals surface area contributed by atoms with Crippen LogP contribution in [0.4, 0.5) is 23.3 Å². The lowest BCUT2D eigenvalue weighted by Gasteiger charge is -2.33. The molecule has 0 amide bonds. The molecule has 1 atom stereocenters. The predicted octanol–water partition coefficient (Wildman–Crippen LogP) is 2.67. The Morgan fingerprint density at radius 2 is 1.75 bits per heavy atom. The molecule has 0 aliphatic carbocycles. The van der Waals surface area contributed by atoms with Crippen molar-refractivity contribution in [2.75, 3.05) is 47.0 Å². The molecule has 4 heterocycles. The first kappa shape index (κ1) is 17.4. The summed E-state index contributed by atoms with van der Waals surface area (Å²) in [4.78, 5) is 13.2. The first-order valence-corrected chi connectivity index (χ1v) is 10.3. The topological polar surface area (TPSA) is 96.1 Å². The van der Waals surface area contributed by atoms with Gasteiger partial charge >= 0.3 is 0 Å². The third-order valence-electron chi connectivity index (χ3n) is 5.36. The van der Waals surface area contributed by atoms with Gasteiger partial charge in [0.2, 0.25) is 5.95 Å². The second-order valence-corrected chi connectivity index (χ2v) is 8.21. The van der Waals surface area contributed by atoms with E-state index in [-0.39, 0.29) is 6.04 Å². The van der Waals surface area contributed by atoms with E-state index in [4.69, 9.17) is 5.73 Å². The van der Waals surface area contributed by atoms with E-state index in [1.165, 1.54) is 6.42 Å². The number of nitrogens with zero attached hydrogens (tertiary/aromatic N) is 6. The summed E-state index contributed by atoms with van der Waals surface area (Å²) >= 11 is 3.36. The van der Waals surface area contributed by atoms with Crippen molar-refractivity contribution >= 4 is 50.0 Å². The zero-order valence-corrected chi connectivity index (χ0v) is 16.9. The first-order chi connectivity index (χ1) is 13.7. The van der Waals surface area contributed by atoms with E-state index in [1.807, 2.05) is 12.1 Å². The minimum Gasteiger partial charge on any atom is -0.399 e. The molecule has 2 aliphatic heterocycles. The third-order valence-corrected chi connectivity index (χ3v) is 5.77. The summed E-state index contributed by atoms with van der Waals surface area (Å²) in [7, 11) is 0. The van der Waals surface area contributed by atoms with Crippen LogP contribution in [0.1, 0.15) is 12.8 Å². The quantitative estimate of drug-likeness (QED) is 0.597. The van der Waals surface area contributed by atoms with Gasteiger partial charge in [0.1, 0.15) is 0 Å². The van der Waals surface area contributed by atoms with Gasteiger partial charge in [-0.1, -0.05) is 0 Å². The smallest absolute Gasteiger partial charge is 0.222 e. The molecule has 1 aromatic carbocycles. The van der Waals surface area contributed by atoms with Crippen LogP contribution in [-0.4, -0.2) is 52.4 Å². The molecule has 0 saturated carbocycles. The van der Waals surface area contributed by atoms with Crippen LogP contribution in [0, 0.1) is 0 Å². The molecule has 0 unspecified atom stereocenters. The summed E-state index contributed by atoms with van der Waals surface area (Å²) in [5, 5.41) is 14.8. The normalized spacial score (nSPS) is 19.1. The summed E-state index contributed by atoms with van der Waals surface area (Å²) in [6.07, 6.45) is 5.69. The Hall–Kier alpha value is -2.68. The van der Waals surface area contributed by atoms with Crippen molar-refractivity contribution in [1.29, 1.82) is 0 Å². The zero-order valence-electron chi connectivity index (χ0n) is 15.3. The standard InChI is InChI=1S/C19H21BrN8/c20-12-9-22-19(23-10-12)24-14-4-7-28(11-14)17-15-3-2-13(21)8-16(15)18(26-25-17)27-5-1-6-27/h2-3,8-10,14H,1,4-7,11,21H2,(H,22,23,24)/t14-/m1/s1. The minimum atomic E-state index is 0.266. The average molecular weight is 441 g/mol. The number of halogens is 1. The predicted molar refractivity (Wildman–Crippen MR) is 115 cm³/mol. The van der Waals surface area contributed by atoms with Gasteiger partial charge in [0, 0.05) is 61.1 Å². The number of rotatable bonds is 4. The molecule has 3 aromatic rings. The van der Waals surface area contributed by atoms with E-state index in [0.717, 1.165) is 65.2 Å². The van der Waals surface area contributed by atoms with Crippen LogP contribution in [0.3, 0.4) is 0 Å². The first-order valence-electron chi connectivity index (χ1n) is 9.47. The molecule has 0 spiro atoms. The number of nitrogen functional groups attached to an aromatic ring is 1. The number of fused-ring (bicyclic) bond motifs is 1. The van der Waals surface area contributed by atoms with Gasteiger partial charge in [-0.3, -0.25) is 0 Å². The fourth-order valence-electron chi connectivity index (χ4n) is 3.78. The van der Waals surface area contributed by atoms with Crippen LogP contribution in [0.15, 0.2) is 35.1 Å². The zero-order chi connectivity index (χ0) is 19.1. The molecule has 2 fully saturated rings. The Bertz CT molecular complexity index is 1000. The molecule has 9 heteroatoms. The highest BCUT2D eigenvalue weighted by Crippen LogP contribution is 2.34. The van der Waals surface area contributed by atoms with Crippen molar-refractivity contribution in [2.24, 2.45) is 0 Å². The lowest BCUT2D eigenvalue weighted by atomic mass is 10.1. The lowest BCUT2D eigenvalue weighted by molar-refractivity contribution is 0.608. The molecule has 28 heavy (non-hydrogen) atoms. The van der Waals surface area contributed by atoms with Crippen LogP contribution in [0.5, 0.6) is 0 Å². The minimum absolute atomic E-state index is 0.266. The van der Waals surface area contributed by atoms with E-state index < -0.39 is 0 Å². The van der Waals surface area contributed by atoms with Crippen molar-refractivity contribution in [2.45, 2.75) is 18.9 Å². The molecular weight excluding hydrogens is 420 g/mol. The molecule has 0 bridgehead atoms. The summed E-state index contributed by atoms with van der Waals surface area (Å²) < 4.78 is 0.870. The fraction of sp³-hybridized carbons (Fsp3) is 0.368. The van der Waals surface area contributed by atoms with Gasteiger partial charge in [-0.05, 0) is 47.0 Å². The monoisotopic (exact) mass is 440 g/mol. The summed E-state index contributed by atoms with van der Waals surface area (Å²) in [5.74, 6) is 2.50. The Morgan fingerprint density at radius 3 is 2.46 bits per heavy atom. The number of nitrogens with two attached hydrogens (primary N) is 1. The Kier molecular flexibility index (Phi) is 4.38. The van der Waals surface area contributed by atoms with Crippen LogP contribution in [0.25, 0.3) is 10.8 Å². The van der Waals surface area contributed by atoms with E-state index in [9.17, 15) is 0 Å². The molecule has 2 saturated heterocycles. The van der Waals surface area contributed by atoms with Gasteiger partial charge in [0.05, 0.1) is 4.47 Å². The molecule has 3 N–H and O–H groups in total. The highest BCUT2D eigenvalue weighted by Gasteiger charge is 2.27. The van der Waals surface area contributed by atoms with Crippen LogP contribution in [-0.2, 0) is 0 Å². The molecule has 2 aromatic heterocycles. The summed E-state index contributed by atoms with van der Waals surface area (Å²) in [5.41, 5.74) is 6.82. The van der Waals surface area contributed by atoms with E-state index in [2.05, 4.69) is 57.3 Å². The second kappa shape index (κ2) is 7.05. The maximum absolute atomic E-state index is 6.07. The fourth-order valence-corrected chi connectivity index (χ4v) is 3.98. The highest BCUT2D eigenvalue weighted by molar-refractivity contribution is 9.10. The van der Waals surface area contributed by atoms with Gasteiger partial charge in [0.25, 0.3) is 0 Å². The van der Waals surface area contributed by atoms with Crippen LogP contribution in [0.2, 0.25) is 0 Å². The number of nitrogens with one attached hydrogen (secondary N) is 1. The Labute approximate surface area is 171 Å². The Balaban J connectivity index is 1.41. The van der Waals surface area contributed by atoms with Gasteiger partial charge in [-0.25, -0.2) is 9.97 Å². The van der Waals surface area contributed by atoms with Gasteiger partial charge < -0.3 is 20.9 Å². The Morgan fingerprint density at radius 1 is 1.00 bits per heavy atom. The third kappa shape index (κ3) is 3.19.